The molecule has 1 rings (SSSR count). The predicted molar refractivity (Wildman–Crippen MR) is 82.2 cm³/mol. The first-order chi connectivity index (χ1) is 8.97. The molecule has 0 aliphatic carbocycles. The maximum atomic E-state index is 12.3. The summed E-state index contributed by atoms with van der Waals surface area (Å²) in [5.41, 5.74) is 1.64. The lowest BCUT2D eigenvalue weighted by atomic mass is 10.0. The number of hydrogen-bond acceptors (Lipinski definition) is 2. The van der Waals surface area contributed by atoms with Gasteiger partial charge < -0.3 is 10.1 Å². The number of nitrogens with one attached hydrogen (secondary N) is 1. The Labute approximate surface area is 123 Å². The molecule has 19 heavy (non-hydrogen) atoms. The molecule has 0 spiro atoms. The van der Waals surface area contributed by atoms with Crippen LogP contribution in [-0.4, -0.2) is 24.4 Å². The fourth-order valence-electron chi connectivity index (χ4n) is 1.99. The molecule has 0 aromatic heterocycles. The molecule has 1 atom stereocenters. The van der Waals surface area contributed by atoms with Crippen molar-refractivity contribution in [3.05, 3.63) is 29.3 Å². The third-order valence-corrected chi connectivity index (χ3v) is 3.66. The van der Waals surface area contributed by atoms with Gasteiger partial charge in [0.2, 0.25) is 0 Å². The predicted octanol–water partition coefficient (Wildman–Crippen LogP) is 3.54. The maximum absolute atomic E-state index is 12.3. The lowest BCUT2D eigenvalue weighted by Crippen LogP contribution is -2.37. The van der Waals surface area contributed by atoms with Crippen LogP contribution in [0, 0.1) is 12.8 Å². The normalized spacial score (nSPS) is 12.3. The number of hydrogen-bond donors (Lipinski definition) is 1. The van der Waals surface area contributed by atoms with E-state index in [4.69, 9.17) is 4.74 Å². The van der Waals surface area contributed by atoms with Gasteiger partial charge in [0.05, 0.1) is 12.7 Å². The van der Waals surface area contributed by atoms with Crippen LogP contribution < -0.4 is 10.1 Å². The van der Waals surface area contributed by atoms with Crippen LogP contribution in [-0.2, 0) is 0 Å². The highest BCUT2D eigenvalue weighted by Gasteiger charge is 2.17. The molecule has 1 aromatic rings. The molecule has 1 unspecified atom stereocenters. The van der Waals surface area contributed by atoms with Gasteiger partial charge in [-0.2, -0.15) is 0 Å². The Hall–Kier alpha value is -1.03. The minimum Gasteiger partial charge on any atom is -0.496 e. The molecule has 106 valence electrons. The molecule has 3 nitrogen and oxygen atoms in total. The number of methoxy groups -OCH3 is 1. The van der Waals surface area contributed by atoms with Crippen LogP contribution in [0.3, 0.4) is 0 Å². The summed E-state index contributed by atoms with van der Waals surface area (Å²) < 4.78 is 5.25. The number of rotatable bonds is 6. The summed E-state index contributed by atoms with van der Waals surface area (Å²) in [6, 6.07) is 5.76. The van der Waals surface area contributed by atoms with Crippen LogP contribution in [0.1, 0.15) is 36.2 Å². The highest BCUT2D eigenvalue weighted by Crippen LogP contribution is 2.20. The molecule has 0 aliphatic heterocycles. The molecule has 0 saturated carbocycles. The zero-order valence-corrected chi connectivity index (χ0v) is 13.6. The van der Waals surface area contributed by atoms with Crippen molar-refractivity contribution in [2.24, 2.45) is 5.92 Å². The van der Waals surface area contributed by atoms with Crippen LogP contribution in [0.2, 0.25) is 0 Å². The number of benzene rings is 1. The van der Waals surface area contributed by atoms with Gasteiger partial charge >= 0.3 is 0 Å². The van der Waals surface area contributed by atoms with E-state index >= 15 is 0 Å². The van der Waals surface area contributed by atoms with Crippen molar-refractivity contribution >= 4 is 21.8 Å². The minimum absolute atomic E-state index is 0.0781. The van der Waals surface area contributed by atoms with Crippen molar-refractivity contribution in [1.29, 1.82) is 0 Å². The highest BCUT2D eigenvalue weighted by atomic mass is 79.9. The molecule has 1 aromatic carbocycles. The second kappa shape index (κ2) is 7.53. The van der Waals surface area contributed by atoms with Crippen LogP contribution in [0.5, 0.6) is 5.75 Å². The van der Waals surface area contributed by atoms with Gasteiger partial charge in [-0.1, -0.05) is 41.4 Å². The number of alkyl halides is 1. The monoisotopic (exact) mass is 327 g/mol. The molecular weight excluding hydrogens is 306 g/mol. The van der Waals surface area contributed by atoms with E-state index in [9.17, 15) is 4.79 Å². The van der Waals surface area contributed by atoms with E-state index in [1.54, 1.807) is 7.11 Å². The van der Waals surface area contributed by atoms with Gasteiger partial charge in [-0.05, 0) is 31.4 Å². The Kier molecular flexibility index (Phi) is 6.35. The summed E-state index contributed by atoms with van der Waals surface area (Å²) in [7, 11) is 1.58. The lowest BCUT2D eigenvalue weighted by molar-refractivity contribution is 0.0934. The Morgan fingerprint density at radius 1 is 1.42 bits per heavy atom. The summed E-state index contributed by atoms with van der Waals surface area (Å²) in [4.78, 5) is 12.3. The first kappa shape index (κ1) is 16.0. The van der Waals surface area contributed by atoms with Crippen molar-refractivity contribution in [2.75, 3.05) is 12.4 Å². The number of carbonyl (C=O) groups excluding carboxylic acids is 1. The van der Waals surface area contributed by atoms with E-state index in [1.165, 1.54) is 0 Å². The Bertz CT molecular complexity index is 432. The summed E-state index contributed by atoms with van der Waals surface area (Å²) in [5.74, 6) is 1.08. The van der Waals surface area contributed by atoms with Crippen molar-refractivity contribution in [3.63, 3.8) is 0 Å². The minimum atomic E-state index is -0.0781. The topological polar surface area (TPSA) is 38.3 Å². The van der Waals surface area contributed by atoms with Gasteiger partial charge in [0, 0.05) is 11.4 Å². The maximum Gasteiger partial charge on any atom is 0.255 e. The SMILES string of the molecule is COc1ccc(C)cc1C(=O)NC(CBr)CC(C)C. The van der Waals surface area contributed by atoms with E-state index in [-0.39, 0.29) is 11.9 Å². The van der Waals surface area contributed by atoms with Crippen molar-refractivity contribution < 1.29 is 9.53 Å². The lowest BCUT2D eigenvalue weighted by Gasteiger charge is -2.19. The Morgan fingerprint density at radius 2 is 2.11 bits per heavy atom. The fourth-order valence-corrected chi connectivity index (χ4v) is 2.42. The van der Waals surface area contributed by atoms with Crippen molar-refractivity contribution in [1.82, 2.24) is 5.32 Å². The first-order valence-corrected chi connectivity index (χ1v) is 7.61. The molecular formula is C15H22BrNO2. The third kappa shape index (κ3) is 4.86. The van der Waals surface area contributed by atoms with Gasteiger partial charge in [0.1, 0.15) is 5.75 Å². The van der Waals surface area contributed by atoms with Gasteiger partial charge in [0.25, 0.3) is 5.91 Å². The highest BCUT2D eigenvalue weighted by molar-refractivity contribution is 9.09. The number of halogens is 1. The summed E-state index contributed by atoms with van der Waals surface area (Å²) >= 11 is 3.45. The molecule has 0 saturated heterocycles. The number of amides is 1. The zero-order chi connectivity index (χ0) is 14.4. The molecule has 0 aliphatic rings. The van der Waals surface area contributed by atoms with E-state index in [0.29, 0.717) is 17.2 Å². The van der Waals surface area contributed by atoms with Gasteiger partial charge in [-0.25, -0.2) is 0 Å². The first-order valence-electron chi connectivity index (χ1n) is 6.49. The molecule has 0 bridgehead atoms. The van der Waals surface area contributed by atoms with Crippen LogP contribution in [0.25, 0.3) is 0 Å². The quantitative estimate of drug-likeness (QED) is 0.811. The largest absolute Gasteiger partial charge is 0.496 e. The average molecular weight is 328 g/mol. The van der Waals surface area contributed by atoms with Crippen molar-refractivity contribution in [2.45, 2.75) is 33.2 Å². The van der Waals surface area contributed by atoms with Gasteiger partial charge in [-0.3, -0.25) is 4.79 Å². The summed E-state index contributed by atoms with van der Waals surface area (Å²) in [5, 5.41) is 3.81. The molecule has 4 heteroatoms. The average Bonchev–Trinajstić information content (AvgIpc) is 2.37. The molecule has 0 radical (unpaired) electrons. The second-order valence-corrected chi connectivity index (χ2v) is 5.81. The molecule has 0 heterocycles. The number of carbonyl (C=O) groups is 1. The smallest absolute Gasteiger partial charge is 0.255 e. The van der Waals surface area contributed by atoms with Crippen molar-refractivity contribution in [3.8, 4) is 5.75 Å². The van der Waals surface area contributed by atoms with Gasteiger partial charge in [0.15, 0.2) is 0 Å². The summed E-state index contributed by atoms with van der Waals surface area (Å²) in [6.45, 7) is 6.26. The van der Waals surface area contributed by atoms with E-state index < -0.39 is 0 Å². The zero-order valence-electron chi connectivity index (χ0n) is 12.0. The standard InChI is InChI=1S/C15H22BrNO2/c1-10(2)7-12(9-16)17-15(18)13-8-11(3)5-6-14(13)19-4/h5-6,8,10,12H,7,9H2,1-4H3,(H,17,18). The third-order valence-electron chi connectivity index (χ3n) is 2.88. The second-order valence-electron chi connectivity index (χ2n) is 5.16. The van der Waals surface area contributed by atoms with E-state index in [2.05, 4.69) is 35.1 Å². The van der Waals surface area contributed by atoms with Gasteiger partial charge in [-0.15, -0.1) is 0 Å². The molecule has 0 fully saturated rings. The van der Waals surface area contributed by atoms with E-state index in [0.717, 1.165) is 17.3 Å². The molecule has 1 amide bonds. The Morgan fingerprint density at radius 3 is 2.63 bits per heavy atom. The fraction of sp³-hybridized carbons (Fsp3) is 0.533. The van der Waals surface area contributed by atoms with Crippen LogP contribution >= 0.6 is 15.9 Å². The summed E-state index contributed by atoms with van der Waals surface area (Å²) in [6.07, 6.45) is 0.950. The van der Waals surface area contributed by atoms with Crippen LogP contribution in [0.4, 0.5) is 0 Å². The number of aryl methyl sites for hydroxylation is 1. The Balaban J connectivity index is 2.84. The van der Waals surface area contributed by atoms with Crippen LogP contribution in [0.15, 0.2) is 18.2 Å². The van der Waals surface area contributed by atoms with E-state index in [1.807, 2.05) is 25.1 Å². The number of ether oxygens (including phenoxy) is 1. The molecule has 1 N–H and O–H groups in total.